The van der Waals surface area contributed by atoms with Crippen LogP contribution in [0.15, 0.2) is 48.5 Å². The van der Waals surface area contributed by atoms with Crippen LogP contribution in [0.3, 0.4) is 0 Å². The fourth-order valence-electron chi connectivity index (χ4n) is 3.21. The third-order valence-electron chi connectivity index (χ3n) is 4.68. The van der Waals surface area contributed by atoms with E-state index in [1.165, 1.54) is 26.4 Å². The van der Waals surface area contributed by atoms with Crippen molar-refractivity contribution in [2.45, 2.75) is 38.1 Å². The van der Waals surface area contributed by atoms with Crippen LogP contribution in [0.25, 0.3) is 0 Å². The summed E-state index contributed by atoms with van der Waals surface area (Å²) in [6.07, 6.45) is 5.76. The summed E-state index contributed by atoms with van der Waals surface area (Å²) in [6.45, 7) is 0. The van der Waals surface area contributed by atoms with Crippen LogP contribution in [0.4, 0.5) is 21.9 Å². The van der Waals surface area contributed by atoms with E-state index in [1.807, 2.05) is 36.4 Å². The van der Waals surface area contributed by atoms with Gasteiger partial charge in [0.25, 0.3) is 0 Å². The monoisotopic (exact) mass is 367 g/mol. The Labute approximate surface area is 159 Å². The lowest BCUT2D eigenvalue weighted by Gasteiger charge is -2.22. The number of amides is 2. The summed E-state index contributed by atoms with van der Waals surface area (Å²) in [6, 6.07) is 14.7. The number of hydrogen-bond donors (Lipinski definition) is 3. The molecule has 1 saturated carbocycles. The van der Waals surface area contributed by atoms with Gasteiger partial charge in [-0.3, -0.25) is 0 Å². The van der Waals surface area contributed by atoms with Gasteiger partial charge in [0.2, 0.25) is 0 Å². The van der Waals surface area contributed by atoms with Crippen LogP contribution < -0.4 is 16.0 Å². The molecule has 0 bridgehead atoms. The third kappa shape index (κ3) is 5.48. The number of urea groups is 1. The summed E-state index contributed by atoms with van der Waals surface area (Å²) < 4.78 is 4.69. The highest BCUT2D eigenvalue weighted by molar-refractivity contribution is 5.90. The van der Waals surface area contributed by atoms with Crippen LogP contribution in [-0.4, -0.2) is 25.2 Å². The highest BCUT2D eigenvalue weighted by Crippen LogP contribution is 2.20. The molecule has 1 fully saturated rings. The van der Waals surface area contributed by atoms with E-state index in [2.05, 4.69) is 20.7 Å². The second-order valence-electron chi connectivity index (χ2n) is 6.70. The predicted molar refractivity (Wildman–Crippen MR) is 107 cm³/mol. The van der Waals surface area contributed by atoms with Crippen molar-refractivity contribution < 1.29 is 14.3 Å². The van der Waals surface area contributed by atoms with Gasteiger partial charge in [-0.15, -0.1) is 0 Å². The zero-order valence-electron chi connectivity index (χ0n) is 15.5. The minimum absolute atomic E-state index is 0.152. The van der Waals surface area contributed by atoms with Gasteiger partial charge < -0.3 is 20.7 Å². The standard InChI is InChI=1S/C21H25N3O3/c1-27-20(25)15-7-9-17(10-8-15)22-18-11-13-19(14-12-18)24-21(26)23-16-5-3-2-4-6-16/h7-14,16,22H,2-6H2,1H3,(H2,23,24,26). The molecule has 6 nitrogen and oxygen atoms in total. The normalized spacial score (nSPS) is 14.3. The number of rotatable bonds is 5. The van der Waals surface area contributed by atoms with Crippen LogP contribution in [0.1, 0.15) is 42.5 Å². The van der Waals surface area contributed by atoms with E-state index in [-0.39, 0.29) is 18.0 Å². The molecule has 0 radical (unpaired) electrons. The number of anilines is 3. The summed E-state index contributed by atoms with van der Waals surface area (Å²) >= 11 is 0. The Bertz CT molecular complexity index is 766. The predicted octanol–water partition coefficient (Wildman–Crippen LogP) is 4.67. The third-order valence-corrected chi connectivity index (χ3v) is 4.68. The van der Waals surface area contributed by atoms with Crippen molar-refractivity contribution in [3.8, 4) is 0 Å². The van der Waals surface area contributed by atoms with Crippen LogP contribution >= 0.6 is 0 Å². The molecule has 3 N–H and O–H groups in total. The van der Waals surface area contributed by atoms with Gasteiger partial charge in [-0.05, 0) is 61.4 Å². The second-order valence-corrected chi connectivity index (χ2v) is 6.70. The van der Waals surface area contributed by atoms with Gasteiger partial charge in [0, 0.05) is 23.1 Å². The van der Waals surface area contributed by atoms with E-state index in [9.17, 15) is 9.59 Å². The molecule has 3 rings (SSSR count). The van der Waals surface area contributed by atoms with E-state index in [1.54, 1.807) is 12.1 Å². The van der Waals surface area contributed by atoms with E-state index < -0.39 is 0 Å². The molecule has 2 aromatic rings. The summed E-state index contributed by atoms with van der Waals surface area (Å²) in [4.78, 5) is 23.5. The molecule has 0 aliphatic heterocycles. The van der Waals surface area contributed by atoms with Gasteiger partial charge in [0.1, 0.15) is 0 Å². The molecule has 0 saturated heterocycles. The number of nitrogens with one attached hydrogen (secondary N) is 3. The molecule has 27 heavy (non-hydrogen) atoms. The molecule has 0 spiro atoms. The van der Waals surface area contributed by atoms with E-state index in [0.29, 0.717) is 5.56 Å². The van der Waals surface area contributed by atoms with Gasteiger partial charge in [-0.25, -0.2) is 9.59 Å². The van der Waals surface area contributed by atoms with E-state index in [0.717, 1.165) is 29.9 Å². The highest BCUT2D eigenvalue weighted by Gasteiger charge is 2.15. The maximum Gasteiger partial charge on any atom is 0.337 e. The van der Waals surface area contributed by atoms with Crippen molar-refractivity contribution >= 4 is 29.1 Å². The van der Waals surface area contributed by atoms with Crippen molar-refractivity contribution in [1.29, 1.82) is 0 Å². The molecule has 0 heterocycles. The summed E-state index contributed by atoms with van der Waals surface area (Å²) in [5.74, 6) is -0.358. The van der Waals surface area contributed by atoms with Gasteiger partial charge in [0.05, 0.1) is 12.7 Å². The summed E-state index contributed by atoms with van der Waals surface area (Å²) in [5, 5.41) is 9.17. The lowest BCUT2D eigenvalue weighted by molar-refractivity contribution is 0.0600. The molecule has 1 aliphatic rings. The van der Waals surface area contributed by atoms with Gasteiger partial charge in [-0.1, -0.05) is 19.3 Å². The summed E-state index contributed by atoms with van der Waals surface area (Å²) in [7, 11) is 1.36. The lowest BCUT2D eigenvalue weighted by atomic mass is 9.96. The quantitative estimate of drug-likeness (QED) is 0.671. The van der Waals surface area contributed by atoms with Crippen molar-refractivity contribution in [1.82, 2.24) is 5.32 Å². The molecule has 1 aliphatic carbocycles. The molecule has 0 aromatic heterocycles. The average molecular weight is 367 g/mol. The minimum Gasteiger partial charge on any atom is -0.465 e. The number of methoxy groups -OCH3 is 1. The Morgan fingerprint density at radius 2 is 1.41 bits per heavy atom. The Morgan fingerprint density at radius 1 is 0.852 bits per heavy atom. The van der Waals surface area contributed by atoms with Crippen LogP contribution in [0, 0.1) is 0 Å². The zero-order valence-corrected chi connectivity index (χ0v) is 15.5. The Morgan fingerprint density at radius 3 is 2.00 bits per heavy atom. The molecular weight excluding hydrogens is 342 g/mol. The first-order chi connectivity index (χ1) is 13.1. The van der Waals surface area contributed by atoms with Gasteiger partial charge in [-0.2, -0.15) is 0 Å². The number of carbonyl (C=O) groups excluding carboxylic acids is 2. The summed E-state index contributed by atoms with van der Waals surface area (Å²) in [5.41, 5.74) is 3.00. The molecule has 0 atom stereocenters. The molecule has 0 unspecified atom stereocenters. The van der Waals surface area contributed by atoms with Gasteiger partial charge >= 0.3 is 12.0 Å². The van der Waals surface area contributed by atoms with Crippen molar-refractivity contribution in [2.24, 2.45) is 0 Å². The van der Waals surface area contributed by atoms with E-state index >= 15 is 0 Å². The smallest absolute Gasteiger partial charge is 0.337 e. The fraction of sp³-hybridized carbons (Fsp3) is 0.333. The van der Waals surface area contributed by atoms with Crippen molar-refractivity contribution in [2.75, 3.05) is 17.7 Å². The SMILES string of the molecule is COC(=O)c1ccc(Nc2ccc(NC(=O)NC3CCCCC3)cc2)cc1. The minimum atomic E-state index is -0.358. The molecule has 6 heteroatoms. The largest absolute Gasteiger partial charge is 0.465 e. The number of ether oxygens (including phenoxy) is 1. The number of benzene rings is 2. The highest BCUT2D eigenvalue weighted by atomic mass is 16.5. The average Bonchev–Trinajstić information content (AvgIpc) is 2.70. The first kappa shape index (κ1) is 18.8. The van der Waals surface area contributed by atoms with E-state index in [4.69, 9.17) is 0 Å². The molecular formula is C21H25N3O3. The molecule has 2 amide bonds. The maximum atomic E-state index is 12.1. The number of esters is 1. The van der Waals surface area contributed by atoms with Crippen LogP contribution in [-0.2, 0) is 4.74 Å². The maximum absolute atomic E-state index is 12.1. The van der Waals surface area contributed by atoms with Crippen LogP contribution in [0.5, 0.6) is 0 Å². The second kappa shape index (κ2) is 9.07. The lowest BCUT2D eigenvalue weighted by Crippen LogP contribution is -2.38. The number of carbonyl (C=O) groups is 2. The Balaban J connectivity index is 1.52. The topological polar surface area (TPSA) is 79.5 Å². The Hall–Kier alpha value is -3.02. The first-order valence-corrected chi connectivity index (χ1v) is 9.27. The van der Waals surface area contributed by atoms with Crippen LogP contribution in [0.2, 0.25) is 0 Å². The fourth-order valence-corrected chi connectivity index (χ4v) is 3.21. The first-order valence-electron chi connectivity index (χ1n) is 9.27. The molecule has 2 aromatic carbocycles. The zero-order chi connectivity index (χ0) is 19.1. The Kier molecular flexibility index (Phi) is 6.30. The van der Waals surface area contributed by atoms with Crippen molar-refractivity contribution in [3.05, 3.63) is 54.1 Å². The van der Waals surface area contributed by atoms with Crippen molar-refractivity contribution in [3.63, 3.8) is 0 Å². The molecule has 142 valence electrons. The number of hydrogen-bond acceptors (Lipinski definition) is 4. The van der Waals surface area contributed by atoms with Gasteiger partial charge in [0.15, 0.2) is 0 Å².